The van der Waals surface area contributed by atoms with Gasteiger partial charge in [-0.2, -0.15) is 9.37 Å². The van der Waals surface area contributed by atoms with Gasteiger partial charge < -0.3 is 20.1 Å². The van der Waals surface area contributed by atoms with E-state index in [0.717, 1.165) is 25.9 Å². The van der Waals surface area contributed by atoms with Crippen LogP contribution in [0.2, 0.25) is 10.0 Å². The number of carboxylic acids is 1. The van der Waals surface area contributed by atoms with Crippen molar-refractivity contribution in [2.24, 2.45) is 0 Å². The van der Waals surface area contributed by atoms with Gasteiger partial charge in [-0.05, 0) is 25.0 Å². The van der Waals surface area contributed by atoms with E-state index in [1.165, 1.54) is 18.5 Å². The molecule has 1 saturated heterocycles. The lowest BCUT2D eigenvalue weighted by Crippen LogP contribution is -2.20. The molecule has 0 aliphatic carbocycles. The Balaban J connectivity index is 1.79. The summed E-state index contributed by atoms with van der Waals surface area (Å²) in [6.45, 7) is 1.67. The van der Waals surface area contributed by atoms with E-state index in [2.05, 4.69) is 15.3 Å². The van der Waals surface area contributed by atoms with Crippen LogP contribution in [0.4, 0.5) is 15.9 Å². The van der Waals surface area contributed by atoms with E-state index in [1.807, 2.05) is 4.90 Å². The zero-order chi connectivity index (χ0) is 19.4. The third kappa shape index (κ3) is 4.70. The maximum atomic E-state index is 14.7. The summed E-state index contributed by atoms with van der Waals surface area (Å²) in [7, 11) is 0. The molecule has 1 aliphatic heterocycles. The largest absolute Gasteiger partial charge is 0.481 e. The molecule has 2 N–H and O–H groups in total. The van der Waals surface area contributed by atoms with E-state index < -0.39 is 11.8 Å². The van der Waals surface area contributed by atoms with Crippen LogP contribution < -0.4 is 15.0 Å². The molecule has 0 saturated carbocycles. The standard InChI is InChI=1S/C17H17Cl2FN4O3/c18-11-7-10(21-4-3-13(25)26)8-12(19)15(11)27-17-14(20)16(22-9-23-17)24-5-1-2-6-24/h7-9,21H,1-6H2,(H,25,26). The van der Waals surface area contributed by atoms with Gasteiger partial charge in [0, 0.05) is 25.3 Å². The first kappa shape index (κ1) is 19.4. The third-order valence-corrected chi connectivity index (χ3v) is 4.57. The number of halogens is 3. The molecule has 1 fully saturated rings. The number of aliphatic carboxylic acids is 1. The average Bonchev–Trinajstić information content (AvgIpc) is 3.13. The van der Waals surface area contributed by atoms with Crippen molar-refractivity contribution in [2.75, 3.05) is 29.9 Å². The van der Waals surface area contributed by atoms with Crippen molar-refractivity contribution in [3.63, 3.8) is 0 Å². The minimum Gasteiger partial charge on any atom is -0.481 e. The van der Waals surface area contributed by atoms with Crippen LogP contribution >= 0.6 is 23.2 Å². The fourth-order valence-electron chi connectivity index (χ4n) is 2.74. The molecule has 0 radical (unpaired) electrons. The van der Waals surface area contributed by atoms with Crippen LogP contribution in [0.15, 0.2) is 18.5 Å². The van der Waals surface area contributed by atoms with Crippen LogP contribution in [0.1, 0.15) is 19.3 Å². The smallest absolute Gasteiger partial charge is 0.305 e. The number of nitrogens with one attached hydrogen (secondary N) is 1. The number of ether oxygens (including phenoxy) is 1. The topological polar surface area (TPSA) is 87.6 Å². The Hall–Kier alpha value is -2.32. The Kier molecular flexibility index (Phi) is 6.18. The van der Waals surface area contributed by atoms with Crippen LogP contribution in [0.3, 0.4) is 0 Å². The van der Waals surface area contributed by atoms with Gasteiger partial charge in [0.15, 0.2) is 11.6 Å². The lowest BCUT2D eigenvalue weighted by atomic mass is 10.3. The molecule has 1 aromatic carbocycles. The summed E-state index contributed by atoms with van der Waals surface area (Å²) in [5.41, 5.74) is 0.527. The number of carbonyl (C=O) groups is 1. The van der Waals surface area contributed by atoms with E-state index in [4.69, 9.17) is 33.0 Å². The second-order valence-corrected chi connectivity index (χ2v) is 6.77. The quantitative estimate of drug-likeness (QED) is 0.701. The minimum atomic E-state index is -0.923. The van der Waals surface area contributed by atoms with Crippen molar-refractivity contribution in [1.82, 2.24) is 9.97 Å². The van der Waals surface area contributed by atoms with Crippen LogP contribution in [-0.2, 0) is 4.79 Å². The molecule has 0 spiro atoms. The van der Waals surface area contributed by atoms with Crippen molar-refractivity contribution in [1.29, 1.82) is 0 Å². The summed E-state index contributed by atoms with van der Waals surface area (Å²) in [6, 6.07) is 3.04. The van der Waals surface area contributed by atoms with Gasteiger partial charge in [-0.1, -0.05) is 23.2 Å². The van der Waals surface area contributed by atoms with Crippen molar-refractivity contribution in [3.8, 4) is 11.6 Å². The van der Waals surface area contributed by atoms with Gasteiger partial charge in [0.1, 0.15) is 6.33 Å². The highest BCUT2D eigenvalue weighted by Gasteiger charge is 2.22. The van der Waals surface area contributed by atoms with Crippen LogP contribution in [0.5, 0.6) is 11.6 Å². The number of carboxylic acid groups (broad SMARTS) is 1. The number of benzene rings is 1. The Morgan fingerprint density at radius 3 is 2.56 bits per heavy atom. The predicted molar refractivity (Wildman–Crippen MR) is 101 cm³/mol. The van der Waals surface area contributed by atoms with Gasteiger partial charge in [-0.15, -0.1) is 0 Å². The van der Waals surface area contributed by atoms with Gasteiger partial charge in [0.2, 0.25) is 5.82 Å². The van der Waals surface area contributed by atoms with Crippen molar-refractivity contribution in [3.05, 3.63) is 34.3 Å². The fourth-order valence-corrected chi connectivity index (χ4v) is 3.30. The molecule has 3 rings (SSSR count). The first-order chi connectivity index (χ1) is 13.0. The molecule has 2 aromatic rings. The summed E-state index contributed by atoms with van der Waals surface area (Å²) >= 11 is 12.4. The molecule has 0 unspecified atom stereocenters. The fraction of sp³-hybridized carbons (Fsp3) is 0.353. The third-order valence-electron chi connectivity index (χ3n) is 4.01. The van der Waals surface area contributed by atoms with Crippen molar-refractivity contribution >= 4 is 40.7 Å². The van der Waals surface area contributed by atoms with Gasteiger partial charge >= 0.3 is 5.97 Å². The maximum Gasteiger partial charge on any atom is 0.305 e. The van der Waals surface area contributed by atoms with E-state index in [-0.39, 0.29) is 40.5 Å². The summed E-state index contributed by atoms with van der Waals surface area (Å²) in [4.78, 5) is 20.3. The average molecular weight is 415 g/mol. The number of hydrogen-bond acceptors (Lipinski definition) is 6. The van der Waals surface area contributed by atoms with Gasteiger partial charge in [0.05, 0.1) is 16.5 Å². The van der Waals surface area contributed by atoms with Gasteiger partial charge in [-0.25, -0.2) is 4.98 Å². The molecule has 1 aliphatic rings. The molecule has 0 bridgehead atoms. The molecule has 0 atom stereocenters. The Labute approximate surface area is 165 Å². The van der Waals surface area contributed by atoms with E-state index in [1.54, 1.807) is 0 Å². The Morgan fingerprint density at radius 2 is 1.93 bits per heavy atom. The number of nitrogens with zero attached hydrogens (tertiary/aromatic N) is 3. The SMILES string of the molecule is O=C(O)CCNc1cc(Cl)c(Oc2ncnc(N3CCCC3)c2F)c(Cl)c1. The normalized spacial score (nSPS) is 13.7. The highest BCUT2D eigenvalue weighted by Crippen LogP contribution is 2.39. The van der Waals surface area contributed by atoms with Crippen molar-refractivity contribution in [2.45, 2.75) is 19.3 Å². The number of anilines is 2. The number of rotatable bonds is 7. The van der Waals surface area contributed by atoms with Gasteiger partial charge in [0.25, 0.3) is 5.88 Å². The molecule has 7 nitrogen and oxygen atoms in total. The summed E-state index contributed by atoms with van der Waals surface area (Å²) < 4.78 is 20.3. The van der Waals surface area contributed by atoms with Crippen LogP contribution in [0.25, 0.3) is 0 Å². The molecular formula is C17H17Cl2FN4O3. The molecule has 144 valence electrons. The minimum absolute atomic E-state index is 0.0566. The first-order valence-electron chi connectivity index (χ1n) is 8.33. The highest BCUT2D eigenvalue weighted by atomic mass is 35.5. The molecule has 1 aromatic heterocycles. The summed E-state index contributed by atoms with van der Waals surface area (Å²) in [5, 5.41) is 11.8. The first-order valence-corrected chi connectivity index (χ1v) is 9.09. The maximum absolute atomic E-state index is 14.7. The molecule has 2 heterocycles. The molecule has 27 heavy (non-hydrogen) atoms. The second kappa shape index (κ2) is 8.58. The van der Waals surface area contributed by atoms with Crippen LogP contribution in [-0.4, -0.2) is 40.7 Å². The Bertz CT molecular complexity index is 824. The second-order valence-electron chi connectivity index (χ2n) is 5.95. The molecule has 10 heteroatoms. The number of aromatic nitrogens is 2. The van der Waals surface area contributed by atoms with Crippen molar-refractivity contribution < 1.29 is 19.0 Å². The predicted octanol–water partition coefficient (Wildman–Crippen LogP) is 4.20. The lowest BCUT2D eigenvalue weighted by Gasteiger charge is -2.18. The van der Waals surface area contributed by atoms with E-state index >= 15 is 0 Å². The van der Waals surface area contributed by atoms with E-state index in [9.17, 15) is 9.18 Å². The summed E-state index contributed by atoms with van der Waals surface area (Å²) in [5.74, 6) is -1.60. The van der Waals surface area contributed by atoms with E-state index in [0.29, 0.717) is 5.69 Å². The molecular weight excluding hydrogens is 398 g/mol. The zero-order valence-corrected chi connectivity index (χ0v) is 15.7. The van der Waals surface area contributed by atoms with Crippen LogP contribution in [0, 0.1) is 5.82 Å². The Morgan fingerprint density at radius 1 is 1.26 bits per heavy atom. The van der Waals surface area contributed by atoms with Gasteiger partial charge in [-0.3, -0.25) is 4.79 Å². The summed E-state index contributed by atoms with van der Waals surface area (Å²) in [6.07, 6.45) is 3.13. The zero-order valence-electron chi connectivity index (χ0n) is 14.2. The molecule has 0 amide bonds. The highest BCUT2D eigenvalue weighted by molar-refractivity contribution is 6.37. The lowest BCUT2D eigenvalue weighted by molar-refractivity contribution is -0.136. The number of hydrogen-bond donors (Lipinski definition) is 2. The monoisotopic (exact) mass is 414 g/mol.